The van der Waals surface area contributed by atoms with Gasteiger partial charge in [0.05, 0.1) is 18.0 Å². The summed E-state index contributed by atoms with van der Waals surface area (Å²) in [6.45, 7) is 5.66. The highest BCUT2D eigenvalue weighted by molar-refractivity contribution is 5.90. The third-order valence-electron chi connectivity index (χ3n) is 3.67. The molecule has 0 fully saturated rings. The number of aliphatic hydroxyl groups is 1. The van der Waals surface area contributed by atoms with Crippen molar-refractivity contribution in [3.8, 4) is 11.3 Å². The Kier molecular flexibility index (Phi) is 4.62. The molecular formula is C17H20N6O2. The van der Waals surface area contributed by atoms with E-state index in [1.807, 2.05) is 13.8 Å². The van der Waals surface area contributed by atoms with Gasteiger partial charge in [0.2, 0.25) is 5.91 Å². The van der Waals surface area contributed by atoms with Crippen molar-refractivity contribution < 1.29 is 9.90 Å². The Morgan fingerprint density at radius 3 is 2.64 bits per heavy atom. The van der Waals surface area contributed by atoms with Crippen molar-refractivity contribution >= 4 is 11.7 Å². The van der Waals surface area contributed by atoms with Crippen LogP contribution in [0.15, 0.2) is 30.5 Å². The summed E-state index contributed by atoms with van der Waals surface area (Å²) in [5, 5.41) is 26.8. The Morgan fingerprint density at radius 2 is 2.00 bits per heavy atom. The maximum absolute atomic E-state index is 12.1. The van der Waals surface area contributed by atoms with E-state index in [0.717, 1.165) is 22.4 Å². The van der Waals surface area contributed by atoms with Crippen LogP contribution in [0.25, 0.3) is 11.3 Å². The lowest BCUT2D eigenvalue weighted by Gasteiger charge is -2.02. The van der Waals surface area contributed by atoms with E-state index in [9.17, 15) is 9.90 Å². The molecule has 0 saturated carbocycles. The van der Waals surface area contributed by atoms with Crippen molar-refractivity contribution in [2.24, 2.45) is 0 Å². The summed E-state index contributed by atoms with van der Waals surface area (Å²) in [6.07, 6.45) is 0.818. The first-order valence-electron chi connectivity index (χ1n) is 7.93. The van der Waals surface area contributed by atoms with Gasteiger partial charge in [-0.25, -0.2) is 4.68 Å². The molecule has 3 aromatic rings. The lowest BCUT2D eigenvalue weighted by molar-refractivity contribution is -0.117. The van der Waals surface area contributed by atoms with E-state index in [1.54, 1.807) is 13.0 Å². The van der Waals surface area contributed by atoms with E-state index in [2.05, 4.69) is 44.0 Å². The van der Waals surface area contributed by atoms with Gasteiger partial charge in [-0.15, -0.1) is 5.10 Å². The molecule has 0 spiro atoms. The first-order valence-corrected chi connectivity index (χ1v) is 7.93. The number of aryl methyl sites for hydroxylation is 2. The van der Waals surface area contributed by atoms with Crippen LogP contribution in [-0.4, -0.2) is 36.2 Å². The molecule has 2 aromatic heterocycles. The molecule has 25 heavy (non-hydrogen) atoms. The summed E-state index contributed by atoms with van der Waals surface area (Å²) < 4.78 is 1.37. The topological polar surface area (TPSA) is 109 Å². The molecule has 1 aromatic carbocycles. The zero-order valence-electron chi connectivity index (χ0n) is 14.3. The average Bonchev–Trinajstić information content (AvgIpc) is 3.15. The standard InChI is InChI=1S/C17H20N6O2/c1-10-4-11(2)6-13(5-10)14-7-16(21-19-14)18-17(25)9-23-8-15(12(3)24)20-22-23/h4-8,12,24H,9H2,1-3H3,(H2,18,19,21,25)/t12-/m1/s1. The summed E-state index contributed by atoms with van der Waals surface area (Å²) in [7, 11) is 0. The number of aromatic amines is 1. The number of anilines is 1. The lowest BCUT2D eigenvalue weighted by atomic mass is 10.1. The average molecular weight is 340 g/mol. The van der Waals surface area contributed by atoms with Gasteiger partial charge in [0.25, 0.3) is 0 Å². The quantitative estimate of drug-likeness (QED) is 0.658. The fraction of sp³-hybridized carbons (Fsp3) is 0.294. The number of nitrogens with one attached hydrogen (secondary N) is 2. The number of H-pyrrole nitrogens is 1. The van der Waals surface area contributed by atoms with Crippen LogP contribution in [0.5, 0.6) is 0 Å². The second-order valence-electron chi connectivity index (χ2n) is 6.11. The summed E-state index contributed by atoms with van der Waals surface area (Å²) in [5.74, 6) is 0.163. The highest BCUT2D eigenvalue weighted by Gasteiger charge is 2.11. The van der Waals surface area contributed by atoms with Gasteiger partial charge in [0.15, 0.2) is 5.82 Å². The predicted molar refractivity (Wildman–Crippen MR) is 92.8 cm³/mol. The van der Waals surface area contributed by atoms with Crippen LogP contribution in [0.3, 0.4) is 0 Å². The van der Waals surface area contributed by atoms with Gasteiger partial charge in [0.1, 0.15) is 12.2 Å². The lowest BCUT2D eigenvalue weighted by Crippen LogP contribution is -2.19. The number of benzene rings is 1. The number of hydrogen-bond donors (Lipinski definition) is 3. The third kappa shape index (κ3) is 4.10. The number of amides is 1. The molecule has 3 N–H and O–H groups in total. The minimum Gasteiger partial charge on any atom is -0.387 e. The van der Waals surface area contributed by atoms with Crippen molar-refractivity contribution in [2.75, 3.05) is 5.32 Å². The summed E-state index contributed by atoms with van der Waals surface area (Å²) in [5.41, 5.74) is 4.60. The number of rotatable bonds is 5. The van der Waals surface area contributed by atoms with Crippen molar-refractivity contribution in [1.29, 1.82) is 0 Å². The van der Waals surface area contributed by atoms with Gasteiger partial charge in [-0.3, -0.25) is 9.89 Å². The number of carbonyl (C=O) groups excluding carboxylic acids is 1. The van der Waals surface area contributed by atoms with Crippen LogP contribution >= 0.6 is 0 Å². The molecule has 8 nitrogen and oxygen atoms in total. The molecule has 0 aliphatic carbocycles. The van der Waals surface area contributed by atoms with Crippen molar-refractivity contribution in [3.05, 3.63) is 47.3 Å². The van der Waals surface area contributed by atoms with Crippen molar-refractivity contribution in [2.45, 2.75) is 33.4 Å². The Hall–Kier alpha value is -3.00. The smallest absolute Gasteiger partial charge is 0.247 e. The zero-order chi connectivity index (χ0) is 18.0. The van der Waals surface area contributed by atoms with Crippen LogP contribution in [0, 0.1) is 13.8 Å². The van der Waals surface area contributed by atoms with E-state index in [4.69, 9.17) is 0 Å². The third-order valence-corrected chi connectivity index (χ3v) is 3.67. The number of aliphatic hydroxyl groups excluding tert-OH is 1. The molecule has 8 heteroatoms. The minimum atomic E-state index is -0.719. The second kappa shape index (κ2) is 6.86. The first-order chi connectivity index (χ1) is 11.9. The largest absolute Gasteiger partial charge is 0.387 e. The molecule has 2 heterocycles. The maximum atomic E-state index is 12.1. The van der Waals surface area contributed by atoms with Gasteiger partial charge < -0.3 is 10.4 Å². The van der Waals surface area contributed by atoms with Gasteiger partial charge in [-0.1, -0.05) is 22.4 Å². The fourth-order valence-electron chi connectivity index (χ4n) is 2.58. The van der Waals surface area contributed by atoms with Crippen LogP contribution < -0.4 is 5.32 Å². The number of nitrogens with zero attached hydrogens (tertiary/aromatic N) is 4. The minimum absolute atomic E-state index is 0.00847. The first kappa shape index (κ1) is 16.8. The summed E-state index contributed by atoms with van der Waals surface area (Å²) in [4.78, 5) is 12.1. The van der Waals surface area contributed by atoms with E-state index in [-0.39, 0.29) is 12.5 Å². The summed E-state index contributed by atoms with van der Waals surface area (Å²) in [6, 6.07) is 8.00. The van der Waals surface area contributed by atoms with Gasteiger partial charge in [-0.2, -0.15) is 5.10 Å². The van der Waals surface area contributed by atoms with Crippen LogP contribution in [0.2, 0.25) is 0 Å². The monoisotopic (exact) mass is 340 g/mol. The van der Waals surface area contributed by atoms with E-state index in [0.29, 0.717) is 11.5 Å². The van der Waals surface area contributed by atoms with Crippen LogP contribution in [0.1, 0.15) is 29.8 Å². The molecule has 3 rings (SSSR count). The molecule has 0 aliphatic rings. The summed E-state index contributed by atoms with van der Waals surface area (Å²) >= 11 is 0. The van der Waals surface area contributed by atoms with Gasteiger partial charge in [0, 0.05) is 11.6 Å². The molecule has 0 aliphatic heterocycles. The number of hydrogen-bond acceptors (Lipinski definition) is 5. The Balaban J connectivity index is 1.67. The molecule has 0 saturated heterocycles. The molecular weight excluding hydrogens is 320 g/mol. The second-order valence-corrected chi connectivity index (χ2v) is 6.11. The molecule has 1 atom stereocenters. The normalized spacial score (nSPS) is 12.2. The van der Waals surface area contributed by atoms with E-state index in [1.165, 1.54) is 10.9 Å². The van der Waals surface area contributed by atoms with Crippen molar-refractivity contribution in [3.63, 3.8) is 0 Å². The number of aromatic nitrogens is 5. The van der Waals surface area contributed by atoms with Crippen LogP contribution in [0.4, 0.5) is 5.82 Å². The molecule has 130 valence electrons. The molecule has 1 amide bonds. The highest BCUT2D eigenvalue weighted by atomic mass is 16.3. The molecule has 0 unspecified atom stereocenters. The molecule has 0 bridgehead atoms. The Bertz CT molecular complexity index is 876. The Labute approximate surface area is 144 Å². The zero-order valence-corrected chi connectivity index (χ0v) is 14.3. The SMILES string of the molecule is Cc1cc(C)cc(-c2cc(NC(=O)Cn3cc([C@@H](C)O)nn3)n[nH]2)c1. The fourth-order valence-corrected chi connectivity index (χ4v) is 2.58. The van der Waals surface area contributed by atoms with Gasteiger partial charge >= 0.3 is 0 Å². The van der Waals surface area contributed by atoms with Gasteiger partial charge in [-0.05, 0) is 32.9 Å². The molecule has 0 radical (unpaired) electrons. The van der Waals surface area contributed by atoms with E-state index < -0.39 is 6.10 Å². The predicted octanol–water partition coefficient (Wildman–Crippen LogP) is 1.98. The highest BCUT2D eigenvalue weighted by Crippen LogP contribution is 2.22. The van der Waals surface area contributed by atoms with E-state index >= 15 is 0 Å². The maximum Gasteiger partial charge on any atom is 0.247 e. The number of carbonyl (C=O) groups is 1. The van der Waals surface area contributed by atoms with Crippen LogP contribution in [-0.2, 0) is 11.3 Å². The van der Waals surface area contributed by atoms with Crippen molar-refractivity contribution in [1.82, 2.24) is 25.2 Å². The Morgan fingerprint density at radius 1 is 1.28 bits per heavy atom.